The molecule has 158 valence electrons. The minimum absolute atomic E-state index is 0.00410. The number of benzene rings is 1. The molecule has 4 rings (SSSR count). The molecule has 1 aliphatic rings. The highest BCUT2D eigenvalue weighted by molar-refractivity contribution is 6.29. The summed E-state index contributed by atoms with van der Waals surface area (Å²) in [7, 11) is 2.90. The van der Waals surface area contributed by atoms with Gasteiger partial charge < -0.3 is 5.32 Å². The quantitative estimate of drug-likeness (QED) is 0.594. The van der Waals surface area contributed by atoms with Gasteiger partial charge >= 0.3 is 5.69 Å². The van der Waals surface area contributed by atoms with E-state index in [1.165, 1.54) is 28.8 Å². The average Bonchev–Trinajstić information content (AvgIpc) is 3.29. The maximum Gasteiger partial charge on any atom is 0.332 e. The van der Waals surface area contributed by atoms with Crippen molar-refractivity contribution in [3.8, 4) is 0 Å². The number of hydrogen-bond acceptors (Lipinski definition) is 5. The Labute approximate surface area is 177 Å². The number of carbonyl (C=O) groups excluding carboxylic acids is 1. The number of nitrogens with zero attached hydrogens (tertiary/aromatic N) is 5. The lowest BCUT2D eigenvalue weighted by Crippen LogP contribution is -2.40. The van der Waals surface area contributed by atoms with Gasteiger partial charge in [0.1, 0.15) is 6.54 Å². The highest BCUT2D eigenvalue weighted by Crippen LogP contribution is 2.16. The molecular formula is C20H23ClN6O3. The van der Waals surface area contributed by atoms with Gasteiger partial charge in [0.2, 0.25) is 11.2 Å². The van der Waals surface area contributed by atoms with Crippen molar-refractivity contribution in [1.29, 1.82) is 0 Å². The zero-order chi connectivity index (χ0) is 21.4. The van der Waals surface area contributed by atoms with Gasteiger partial charge in [0.05, 0.1) is 0 Å². The van der Waals surface area contributed by atoms with Crippen molar-refractivity contribution in [2.75, 3.05) is 13.1 Å². The van der Waals surface area contributed by atoms with Crippen LogP contribution >= 0.6 is 11.6 Å². The number of halogens is 1. The van der Waals surface area contributed by atoms with Crippen LogP contribution in [0.4, 0.5) is 0 Å². The number of amides is 1. The monoisotopic (exact) mass is 430 g/mol. The molecule has 1 atom stereocenters. The maximum atomic E-state index is 12.7. The molecule has 1 amide bonds. The Kier molecular flexibility index (Phi) is 5.48. The lowest BCUT2D eigenvalue weighted by atomic mass is 10.2. The molecule has 1 aromatic carbocycles. The number of aryl methyl sites for hydroxylation is 1. The number of rotatable bonds is 5. The summed E-state index contributed by atoms with van der Waals surface area (Å²) in [5, 5.41) is 3.02. The van der Waals surface area contributed by atoms with Crippen LogP contribution in [0.25, 0.3) is 11.2 Å². The molecule has 9 nitrogen and oxygen atoms in total. The molecule has 30 heavy (non-hydrogen) atoms. The predicted octanol–water partition coefficient (Wildman–Crippen LogP) is 0.478. The Balaban J connectivity index is 1.46. The first-order valence-corrected chi connectivity index (χ1v) is 10.1. The molecule has 1 aliphatic heterocycles. The molecular weight excluding hydrogens is 408 g/mol. The Morgan fingerprint density at radius 2 is 1.93 bits per heavy atom. The van der Waals surface area contributed by atoms with E-state index in [0.717, 1.165) is 30.6 Å². The topological polar surface area (TPSA) is 94.2 Å². The Hall–Kier alpha value is -2.91. The van der Waals surface area contributed by atoms with Gasteiger partial charge in [0.15, 0.2) is 11.2 Å². The van der Waals surface area contributed by atoms with Crippen molar-refractivity contribution in [2.24, 2.45) is 14.1 Å². The SMILES string of the molecule is Cn1c(=O)c2c(nc(Cl)n2CC(=O)NC2CCN(Cc3ccccc3)C2)n(C)c1=O. The molecule has 3 aromatic rings. The molecule has 10 heteroatoms. The van der Waals surface area contributed by atoms with Gasteiger partial charge in [-0.3, -0.25) is 28.2 Å². The third-order valence-corrected chi connectivity index (χ3v) is 5.78. The number of carbonyl (C=O) groups is 1. The average molecular weight is 431 g/mol. The van der Waals surface area contributed by atoms with E-state index in [1.54, 1.807) is 0 Å². The second kappa shape index (κ2) is 8.08. The first kappa shape index (κ1) is 20.4. The first-order valence-electron chi connectivity index (χ1n) is 9.72. The summed E-state index contributed by atoms with van der Waals surface area (Å²) in [4.78, 5) is 43.7. The van der Waals surface area contributed by atoms with E-state index >= 15 is 0 Å². The molecule has 1 fully saturated rings. The summed E-state index contributed by atoms with van der Waals surface area (Å²) in [5.74, 6) is -0.251. The van der Waals surface area contributed by atoms with E-state index in [2.05, 4.69) is 27.3 Å². The molecule has 1 unspecified atom stereocenters. The zero-order valence-electron chi connectivity index (χ0n) is 16.8. The number of nitrogens with one attached hydrogen (secondary N) is 1. The number of aromatic nitrogens is 4. The molecule has 0 bridgehead atoms. The van der Waals surface area contributed by atoms with E-state index in [9.17, 15) is 14.4 Å². The van der Waals surface area contributed by atoms with Crippen LogP contribution in [0.3, 0.4) is 0 Å². The highest BCUT2D eigenvalue weighted by Gasteiger charge is 2.25. The van der Waals surface area contributed by atoms with Crippen LogP contribution in [-0.4, -0.2) is 48.6 Å². The standard InChI is InChI=1S/C20H23ClN6O3/c1-24-17-16(18(29)25(2)20(24)30)27(19(21)23-17)12-15(28)22-14-8-9-26(11-14)10-13-6-4-3-5-7-13/h3-7,14H,8-12H2,1-2H3,(H,22,28). The Bertz CT molecular complexity index is 1210. The van der Waals surface area contributed by atoms with Crippen LogP contribution in [0.15, 0.2) is 39.9 Å². The van der Waals surface area contributed by atoms with Crippen LogP contribution in [0, 0.1) is 0 Å². The molecule has 0 aliphatic carbocycles. The van der Waals surface area contributed by atoms with Crippen LogP contribution in [0.5, 0.6) is 0 Å². The van der Waals surface area contributed by atoms with Crippen molar-refractivity contribution in [3.63, 3.8) is 0 Å². The molecule has 1 saturated heterocycles. The summed E-state index contributed by atoms with van der Waals surface area (Å²) < 4.78 is 3.58. The number of hydrogen-bond donors (Lipinski definition) is 1. The van der Waals surface area contributed by atoms with Gasteiger partial charge in [-0.15, -0.1) is 0 Å². The van der Waals surface area contributed by atoms with Gasteiger partial charge in [-0.05, 0) is 23.6 Å². The number of imidazole rings is 1. The van der Waals surface area contributed by atoms with Crippen molar-refractivity contribution >= 4 is 28.7 Å². The summed E-state index contributed by atoms with van der Waals surface area (Å²) in [5.41, 5.74) is 0.508. The van der Waals surface area contributed by atoms with Gasteiger partial charge in [0, 0.05) is 39.8 Å². The minimum atomic E-state index is -0.532. The van der Waals surface area contributed by atoms with Gasteiger partial charge in [0.25, 0.3) is 5.56 Å². The van der Waals surface area contributed by atoms with Crippen molar-refractivity contribution in [1.82, 2.24) is 28.9 Å². The third-order valence-electron chi connectivity index (χ3n) is 5.49. The van der Waals surface area contributed by atoms with Crippen molar-refractivity contribution < 1.29 is 4.79 Å². The van der Waals surface area contributed by atoms with Crippen LogP contribution in [-0.2, 0) is 32.0 Å². The number of likely N-dealkylation sites (tertiary alicyclic amines) is 1. The van der Waals surface area contributed by atoms with Crippen LogP contribution < -0.4 is 16.6 Å². The van der Waals surface area contributed by atoms with Crippen molar-refractivity contribution in [3.05, 3.63) is 62.0 Å². The normalized spacial score (nSPS) is 17.0. The third kappa shape index (κ3) is 3.78. The van der Waals surface area contributed by atoms with Gasteiger partial charge in [-0.25, -0.2) is 4.79 Å². The molecule has 0 spiro atoms. The van der Waals surface area contributed by atoms with E-state index in [4.69, 9.17) is 11.6 Å². The van der Waals surface area contributed by atoms with E-state index < -0.39 is 11.2 Å². The fraction of sp³-hybridized carbons (Fsp3) is 0.400. The highest BCUT2D eigenvalue weighted by atomic mass is 35.5. The van der Waals surface area contributed by atoms with E-state index in [1.807, 2.05) is 18.2 Å². The molecule has 0 radical (unpaired) electrons. The summed E-state index contributed by atoms with van der Waals surface area (Å²) in [6.45, 7) is 2.36. The largest absolute Gasteiger partial charge is 0.350 e. The molecule has 2 aromatic heterocycles. The summed E-state index contributed by atoms with van der Waals surface area (Å²) in [6, 6.07) is 10.2. The van der Waals surface area contributed by atoms with Gasteiger partial charge in [-0.1, -0.05) is 30.3 Å². The van der Waals surface area contributed by atoms with Crippen molar-refractivity contribution in [2.45, 2.75) is 25.6 Å². The molecule has 1 N–H and O–H groups in total. The fourth-order valence-electron chi connectivity index (χ4n) is 3.92. The Morgan fingerprint density at radius 1 is 1.20 bits per heavy atom. The lowest BCUT2D eigenvalue weighted by molar-refractivity contribution is -0.122. The molecule has 0 saturated carbocycles. The number of fused-ring (bicyclic) bond motifs is 1. The van der Waals surface area contributed by atoms with E-state index in [-0.39, 0.29) is 34.9 Å². The predicted molar refractivity (Wildman–Crippen MR) is 113 cm³/mol. The summed E-state index contributed by atoms with van der Waals surface area (Å²) in [6.07, 6.45) is 0.854. The summed E-state index contributed by atoms with van der Waals surface area (Å²) >= 11 is 6.19. The minimum Gasteiger partial charge on any atom is -0.350 e. The maximum absolute atomic E-state index is 12.7. The van der Waals surface area contributed by atoms with Gasteiger partial charge in [-0.2, -0.15) is 4.98 Å². The lowest BCUT2D eigenvalue weighted by Gasteiger charge is -2.17. The van der Waals surface area contributed by atoms with E-state index in [0.29, 0.717) is 0 Å². The smallest absolute Gasteiger partial charge is 0.332 e. The fourth-order valence-corrected chi connectivity index (χ4v) is 4.14. The second-order valence-corrected chi connectivity index (χ2v) is 7.96. The molecule has 3 heterocycles. The first-order chi connectivity index (χ1) is 14.3. The zero-order valence-corrected chi connectivity index (χ0v) is 17.6. The van der Waals surface area contributed by atoms with Crippen LogP contribution in [0.2, 0.25) is 5.28 Å². The van der Waals surface area contributed by atoms with Crippen LogP contribution in [0.1, 0.15) is 12.0 Å². The second-order valence-electron chi connectivity index (χ2n) is 7.62. The Morgan fingerprint density at radius 3 is 2.67 bits per heavy atom.